The van der Waals surface area contributed by atoms with Gasteiger partial charge in [-0.15, -0.1) is 0 Å². The lowest BCUT2D eigenvalue weighted by Gasteiger charge is -2.33. The first-order valence-corrected chi connectivity index (χ1v) is 12.3. The summed E-state index contributed by atoms with van der Waals surface area (Å²) >= 11 is 0. The van der Waals surface area contributed by atoms with Crippen molar-refractivity contribution in [3.05, 3.63) is 71.8 Å². The second-order valence-electron chi connectivity index (χ2n) is 8.14. The highest BCUT2D eigenvalue weighted by Gasteiger charge is 2.32. The Labute approximate surface area is 193 Å². The van der Waals surface area contributed by atoms with Gasteiger partial charge in [0, 0.05) is 13.1 Å². The van der Waals surface area contributed by atoms with E-state index < -0.39 is 28.3 Å². The number of aliphatic hydroxyl groups excluding tert-OH is 1. The maximum Gasteiger partial charge on any atom is 0.241 e. The molecule has 0 bridgehead atoms. The van der Waals surface area contributed by atoms with Crippen molar-refractivity contribution in [3.8, 4) is 5.75 Å². The minimum atomic E-state index is -3.84. The number of aliphatic hydroxyl groups is 1. The number of nitrogens with zero attached hydrogens (tertiary/aromatic N) is 1. The second kappa shape index (κ2) is 10.0. The standard InChI is InChI=1S/C24H28N2O6S/c1-31-19-6-9-21(10-7-19)33(29,30)25-22-11-8-20(32-23(22)16-27)14-24(28)26-13-12-17-4-2-3-5-18(17)15-26/h2-11,20,22-23,25,27H,12-16H2,1H3/t20-,22+,23+/m1/s1. The van der Waals surface area contributed by atoms with Crippen LogP contribution >= 0.6 is 0 Å². The molecule has 2 N–H and O–H groups in total. The van der Waals surface area contributed by atoms with Crippen LogP contribution in [0.3, 0.4) is 0 Å². The van der Waals surface area contributed by atoms with Crippen molar-refractivity contribution in [2.45, 2.75) is 42.5 Å². The van der Waals surface area contributed by atoms with Gasteiger partial charge in [-0.2, -0.15) is 0 Å². The number of carbonyl (C=O) groups is 1. The molecule has 0 fully saturated rings. The maximum absolute atomic E-state index is 12.8. The first kappa shape index (κ1) is 23.4. The second-order valence-corrected chi connectivity index (χ2v) is 9.86. The van der Waals surface area contributed by atoms with E-state index in [1.807, 2.05) is 23.1 Å². The summed E-state index contributed by atoms with van der Waals surface area (Å²) in [6.45, 7) is 0.834. The number of carbonyl (C=O) groups excluding carboxylic acids is 1. The number of hydrogen-bond donors (Lipinski definition) is 2. The van der Waals surface area contributed by atoms with Crippen LogP contribution in [0.15, 0.2) is 65.6 Å². The summed E-state index contributed by atoms with van der Waals surface area (Å²) in [6, 6.07) is 13.4. The molecule has 33 heavy (non-hydrogen) atoms. The Bertz CT molecular complexity index is 1120. The molecule has 0 spiro atoms. The van der Waals surface area contributed by atoms with Gasteiger partial charge in [-0.1, -0.05) is 36.4 Å². The number of benzene rings is 2. The number of fused-ring (bicyclic) bond motifs is 1. The lowest BCUT2D eigenvalue weighted by atomic mass is 9.99. The molecule has 9 heteroatoms. The molecule has 0 saturated heterocycles. The Balaban J connectivity index is 1.39. The van der Waals surface area contributed by atoms with Crippen LogP contribution in [0.5, 0.6) is 5.75 Å². The minimum absolute atomic E-state index is 0.0342. The molecule has 0 saturated carbocycles. The summed E-state index contributed by atoms with van der Waals surface area (Å²) in [5, 5.41) is 9.80. The van der Waals surface area contributed by atoms with Gasteiger partial charge in [0.05, 0.1) is 37.2 Å². The van der Waals surface area contributed by atoms with Crippen LogP contribution in [-0.4, -0.2) is 62.8 Å². The van der Waals surface area contributed by atoms with Gasteiger partial charge in [-0.05, 0) is 41.8 Å². The van der Waals surface area contributed by atoms with E-state index in [-0.39, 0.29) is 23.8 Å². The monoisotopic (exact) mass is 472 g/mol. The van der Waals surface area contributed by atoms with Gasteiger partial charge in [-0.25, -0.2) is 13.1 Å². The van der Waals surface area contributed by atoms with Crippen molar-refractivity contribution in [1.29, 1.82) is 0 Å². The maximum atomic E-state index is 12.8. The number of nitrogens with one attached hydrogen (secondary N) is 1. The van der Waals surface area contributed by atoms with Gasteiger partial charge >= 0.3 is 0 Å². The summed E-state index contributed by atoms with van der Waals surface area (Å²) in [5.41, 5.74) is 2.42. The van der Waals surface area contributed by atoms with Crippen molar-refractivity contribution in [1.82, 2.24) is 9.62 Å². The highest BCUT2D eigenvalue weighted by atomic mass is 32.2. The largest absolute Gasteiger partial charge is 0.497 e. The zero-order valence-corrected chi connectivity index (χ0v) is 19.2. The lowest BCUT2D eigenvalue weighted by Crippen LogP contribution is -2.49. The Morgan fingerprint density at radius 3 is 2.58 bits per heavy atom. The number of methoxy groups -OCH3 is 1. The summed E-state index contributed by atoms with van der Waals surface area (Å²) in [7, 11) is -2.33. The van der Waals surface area contributed by atoms with Crippen LogP contribution in [0.2, 0.25) is 0 Å². The van der Waals surface area contributed by atoms with E-state index in [2.05, 4.69) is 10.8 Å². The Morgan fingerprint density at radius 1 is 1.15 bits per heavy atom. The third kappa shape index (κ3) is 5.44. The predicted molar refractivity (Wildman–Crippen MR) is 122 cm³/mol. The van der Waals surface area contributed by atoms with E-state index in [0.29, 0.717) is 18.8 Å². The molecule has 2 aromatic carbocycles. The SMILES string of the molecule is COc1ccc(S(=O)(=O)N[C@H]2C=C[C@H](CC(=O)N3CCc4ccccc4C3)O[C@H]2CO)cc1. The average molecular weight is 473 g/mol. The smallest absolute Gasteiger partial charge is 0.241 e. The molecule has 0 unspecified atom stereocenters. The van der Waals surface area contributed by atoms with Crippen LogP contribution in [0, 0.1) is 0 Å². The average Bonchev–Trinajstić information content (AvgIpc) is 2.84. The molecule has 2 heterocycles. The predicted octanol–water partition coefficient (Wildman–Crippen LogP) is 1.63. The quantitative estimate of drug-likeness (QED) is 0.594. The van der Waals surface area contributed by atoms with Crippen LogP contribution in [-0.2, 0) is 32.5 Å². The van der Waals surface area contributed by atoms with Gasteiger partial charge in [-0.3, -0.25) is 4.79 Å². The van der Waals surface area contributed by atoms with E-state index in [4.69, 9.17) is 9.47 Å². The number of sulfonamides is 1. The highest BCUT2D eigenvalue weighted by molar-refractivity contribution is 7.89. The van der Waals surface area contributed by atoms with E-state index in [1.54, 1.807) is 24.3 Å². The molecule has 0 aromatic heterocycles. The van der Waals surface area contributed by atoms with E-state index >= 15 is 0 Å². The number of amides is 1. The molecular formula is C24H28N2O6S. The van der Waals surface area contributed by atoms with Gasteiger partial charge in [0.15, 0.2) is 0 Å². The molecule has 2 aliphatic rings. The molecule has 8 nitrogen and oxygen atoms in total. The first-order chi connectivity index (χ1) is 15.9. The lowest BCUT2D eigenvalue weighted by molar-refractivity contribution is -0.136. The van der Waals surface area contributed by atoms with Crippen LogP contribution in [0.25, 0.3) is 0 Å². The highest BCUT2D eigenvalue weighted by Crippen LogP contribution is 2.23. The van der Waals surface area contributed by atoms with Crippen molar-refractivity contribution < 1.29 is 27.8 Å². The number of hydrogen-bond acceptors (Lipinski definition) is 6. The first-order valence-electron chi connectivity index (χ1n) is 10.8. The summed E-state index contributed by atoms with van der Waals surface area (Å²) in [6.07, 6.45) is 2.94. The van der Waals surface area contributed by atoms with Crippen molar-refractivity contribution in [2.24, 2.45) is 0 Å². The van der Waals surface area contributed by atoms with Gasteiger partial charge in [0.25, 0.3) is 0 Å². The fourth-order valence-electron chi connectivity index (χ4n) is 4.12. The topological polar surface area (TPSA) is 105 Å². The molecule has 0 aliphatic carbocycles. The third-order valence-electron chi connectivity index (χ3n) is 5.98. The number of rotatable bonds is 7. The zero-order chi connectivity index (χ0) is 23.4. The molecule has 176 valence electrons. The van der Waals surface area contributed by atoms with Crippen LogP contribution in [0.4, 0.5) is 0 Å². The van der Waals surface area contributed by atoms with E-state index in [9.17, 15) is 18.3 Å². The summed E-state index contributed by atoms with van der Waals surface area (Å²) < 4.78 is 39.0. The summed E-state index contributed by atoms with van der Waals surface area (Å²) in [5.74, 6) is 0.515. The fourth-order valence-corrected chi connectivity index (χ4v) is 5.34. The Kier molecular flexibility index (Phi) is 7.14. The Morgan fingerprint density at radius 2 is 1.88 bits per heavy atom. The molecule has 2 aromatic rings. The molecule has 3 atom stereocenters. The number of ether oxygens (including phenoxy) is 2. The molecule has 2 aliphatic heterocycles. The molecule has 0 radical (unpaired) electrons. The van der Waals surface area contributed by atoms with Crippen molar-refractivity contribution in [2.75, 3.05) is 20.3 Å². The Hall–Kier alpha value is -2.72. The van der Waals surface area contributed by atoms with E-state index in [0.717, 1.165) is 12.0 Å². The van der Waals surface area contributed by atoms with Crippen molar-refractivity contribution in [3.63, 3.8) is 0 Å². The van der Waals surface area contributed by atoms with Gasteiger partial charge < -0.3 is 19.5 Å². The zero-order valence-electron chi connectivity index (χ0n) is 18.4. The normalized spacial score (nSPS) is 22.6. The van der Waals surface area contributed by atoms with Gasteiger partial charge in [0.1, 0.15) is 11.9 Å². The van der Waals surface area contributed by atoms with E-state index in [1.165, 1.54) is 24.8 Å². The molecular weight excluding hydrogens is 444 g/mol. The third-order valence-corrected chi connectivity index (χ3v) is 7.46. The summed E-state index contributed by atoms with van der Waals surface area (Å²) in [4.78, 5) is 14.7. The fraction of sp³-hybridized carbons (Fsp3) is 0.375. The molecule has 4 rings (SSSR count). The van der Waals surface area contributed by atoms with Crippen molar-refractivity contribution >= 4 is 15.9 Å². The molecule has 1 amide bonds. The minimum Gasteiger partial charge on any atom is -0.497 e. The van der Waals surface area contributed by atoms with Crippen LogP contribution < -0.4 is 9.46 Å². The van der Waals surface area contributed by atoms with Crippen LogP contribution in [0.1, 0.15) is 17.5 Å². The van der Waals surface area contributed by atoms with Gasteiger partial charge in [0.2, 0.25) is 15.9 Å².